The molecular weight excluding hydrogens is 386 g/mol. The smallest absolute Gasteiger partial charge is 0.237 e. The molecule has 0 saturated carbocycles. The predicted octanol–water partition coefficient (Wildman–Crippen LogP) is 3.89. The van der Waals surface area contributed by atoms with E-state index in [1.54, 1.807) is 25.6 Å². The van der Waals surface area contributed by atoms with Gasteiger partial charge in [0.15, 0.2) is 11.0 Å². The van der Waals surface area contributed by atoms with Crippen molar-refractivity contribution in [2.24, 2.45) is 7.05 Å². The molecule has 1 amide bonds. The maximum Gasteiger partial charge on any atom is 0.237 e. The number of hydrogen-bond acceptors (Lipinski definition) is 5. The first-order chi connectivity index (χ1) is 13.4. The molecule has 0 aliphatic carbocycles. The zero-order valence-corrected chi connectivity index (χ0v) is 16.3. The molecule has 0 spiro atoms. The number of carbonyl (C=O) groups excluding carboxylic acids is 1. The van der Waals surface area contributed by atoms with E-state index < -0.39 is 22.8 Å². The van der Waals surface area contributed by atoms with Crippen LogP contribution in [0.15, 0.2) is 47.6 Å². The molecule has 0 radical (unpaired) electrons. The Kier molecular flexibility index (Phi) is 5.93. The fourth-order valence-electron chi connectivity index (χ4n) is 2.45. The van der Waals surface area contributed by atoms with Gasteiger partial charge in [-0.2, -0.15) is 0 Å². The molecule has 0 fully saturated rings. The van der Waals surface area contributed by atoms with E-state index in [4.69, 9.17) is 4.74 Å². The number of aromatic nitrogens is 3. The zero-order valence-electron chi connectivity index (χ0n) is 15.4. The third-order valence-corrected chi connectivity index (χ3v) is 5.15. The van der Waals surface area contributed by atoms with E-state index >= 15 is 0 Å². The molecule has 1 aromatic heterocycles. The first kappa shape index (κ1) is 19.8. The molecule has 146 valence electrons. The third-order valence-electron chi connectivity index (χ3n) is 4.02. The molecule has 6 nitrogen and oxygen atoms in total. The second kappa shape index (κ2) is 8.39. The van der Waals surface area contributed by atoms with Crippen molar-refractivity contribution in [3.05, 3.63) is 54.1 Å². The Morgan fingerprint density at radius 1 is 1.18 bits per heavy atom. The van der Waals surface area contributed by atoms with Gasteiger partial charge in [-0.05, 0) is 43.3 Å². The van der Waals surface area contributed by atoms with Gasteiger partial charge in [0.25, 0.3) is 0 Å². The Morgan fingerprint density at radius 2 is 1.89 bits per heavy atom. The van der Waals surface area contributed by atoms with Gasteiger partial charge in [-0.1, -0.05) is 11.8 Å². The summed E-state index contributed by atoms with van der Waals surface area (Å²) in [7, 11) is 3.38. The number of carbonyl (C=O) groups is 1. The minimum atomic E-state index is -0.701. The van der Waals surface area contributed by atoms with Gasteiger partial charge in [-0.3, -0.25) is 4.79 Å². The monoisotopic (exact) mass is 404 g/mol. The molecule has 0 aliphatic heterocycles. The van der Waals surface area contributed by atoms with Gasteiger partial charge in [-0.25, -0.2) is 8.78 Å². The number of nitrogens with one attached hydrogen (secondary N) is 1. The van der Waals surface area contributed by atoms with Crippen molar-refractivity contribution in [1.82, 2.24) is 14.8 Å². The van der Waals surface area contributed by atoms with Crippen LogP contribution in [0.25, 0.3) is 11.4 Å². The van der Waals surface area contributed by atoms with Gasteiger partial charge in [0.2, 0.25) is 5.91 Å². The molecule has 9 heteroatoms. The summed E-state index contributed by atoms with van der Waals surface area (Å²) in [5, 5.41) is 10.6. The number of nitrogens with zero attached hydrogens (tertiary/aromatic N) is 3. The van der Waals surface area contributed by atoms with Crippen LogP contribution in [0.3, 0.4) is 0 Å². The van der Waals surface area contributed by atoms with Crippen LogP contribution in [-0.4, -0.2) is 33.0 Å². The number of hydrogen-bond donors (Lipinski definition) is 1. The normalized spacial score (nSPS) is 11.9. The largest absolute Gasteiger partial charge is 0.497 e. The topological polar surface area (TPSA) is 69.0 Å². The summed E-state index contributed by atoms with van der Waals surface area (Å²) < 4.78 is 33.9. The van der Waals surface area contributed by atoms with E-state index in [-0.39, 0.29) is 5.69 Å². The average Bonchev–Trinajstić information content (AvgIpc) is 3.05. The highest BCUT2D eigenvalue weighted by atomic mass is 32.2. The van der Waals surface area contributed by atoms with Gasteiger partial charge in [0.1, 0.15) is 17.4 Å². The fraction of sp³-hybridized carbons (Fsp3) is 0.211. The lowest BCUT2D eigenvalue weighted by Crippen LogP contribution is -2.23. The number of rotatable bonds is 6. The van der Waals surface area contributed by atoms with Crippen molar-refractivity contribution in [2.75, 3.05) is 12.4 Å². The van der Waals surface area contributed by atoms with E-state index in [0.29, 0.717) is 11.0 Å². The number of anilines is 1. The summed E-state index contributed by atoms with van der Waals surface area (Å²) in [6.45, 7) is 1.65. The van der Waals surface area contributed by atoms with Gasteiger partial charge in [0, 0.05) is 18.7 Å². The molecule has 3 rings (SSSR count). The summed E-state index contributed by atoms with van der Waals surface area (Å²) in [5.41, 5.74) is 0.649. The lowest BCUT2D eigenvalue weighted by Gasteiger charge is -2.12. The number of thioether (sulfide) groups is 1. The summed E-state index contributed by atoms with van der Waals surface area (Å²) in [6.07, 6.45) is 0. The zero-order chi connectivity index (χ0) is 20.3. The Hall–Kier alpha value is -2.94. The van der Waals surface area contributed by atoms with E-state index in [9.17, 15) is 13.6 Å². The highest BCUT2D eigenvalue weighted by Gasteiger charge is 2.20. The van der Waals surface area contributed by atoms with Crippen LogP contribution in [0.2, 0.25) is 0 Å². The molecule has 1 heterocycles. The molecule has 1 N–H and O–H groups in total. The Bertz CT molecular complexity index is 992. The van der Waals surface area contributed by atoms with Crippen LogP contribution in [0.5, 0.6) is 5.75 Å². The Balaban J connectivity index is 1.71. The lowest BCUT2D eigenvalue weighted by molar-refractivity contribution is -0.115. The lowest BCUT2D eigenvalue weighted by atomic mass is 10.2. The molecule has 0 aliphatic rings. The van der Waals surface area contributed by atoms with Crippen molar-refractivity contribution in [2.45, 2.75) is 17.3 Å². The number of amides is 1. The van der Waals surface area contributed by atoms with Crippen LogP contribution in [0.1, 0.15) is 6.92 Å². The summed E-state index contributed by atoms with van der Waals surface area (Å²) in [5.74, 6) is -0.435. The maximum atomic E-state index is 13.7. The van der Waals surface area contributed by atoms with Crippen LogP contribution in [0.4, 0.5) is 14.5 Å². The minimum Gasteiger partial charge on any atom is -0.497 e. The van der Waals surface area contributed by atoms with Crippen LogP contribution >= 0.6 is 11.8 Å². The highest BCUT2D eigenvalue weighted by Crippen LogP contribution is 2.27. The summed E-state index contributed by atoms with van der Waals surface area (Å²) in [6, 6.07) is 10.3. The minimum absolute atomic E-state index is 0.200. The fourth-order valence-corrected chi connectivity index (χ4v) is 3.26. The van der Waals surface area contributed by atoms with Crippen molar-refractivity contribution in [1.29, 1.82) is 0 Å². The third kappa shape index (κ3) is 4.30. The van der Waals surface area contributed by atoms with Crippen molar-refractivity contribution in [3.8, 4) is 17.1 Å². The molecule has 0 saturated heterocycles. The number of methoxy groups -OCH3 is 1. The average molecular weight is 404 g/mol. The SMILES string of the molecule is COc1ccc(-c2nnc(SC(C)C(=O)Nc3cc(F)ccc3F)n2C)cc1. The maximum absolute atomic E-state index is 13.7. The van der Waals surface area contributed by atoms with Crippen LogP contribution < -0.4 is 10.1 Å². The van der Waals surface area contributed by atoms with E-state index in [1.165, 1.54) is 11.8 Å². The van der Waals surface area contributed by atoms with Gasteiger partial charge < -0.3 is 14.6 Å². The first-order valence-corrected chi connectivity index (χ1v) is 9.23. The van der Waals surface area contributed by atoms with Crippen molar-refractivity contribution < 1.29 is 18.3 Å². The molecule has 1 unspecified atom stereocenters. The van der Waals surface area contributed by atoms with Gasteiger partial charge in [0.05, 0.1) is 18.0 Å². The van der Waals surface area contributed by atoms with E-state index in [0.717, 1.165) is 29.5 Å². The molecular formula is C19H18F2N4O2S. The van der Waals surface area contributed by atoms with Gasteiger partial charge >= 0.3 is 0 Å². The van der Waals surface area contributed by atoms with Crippen molar-refractivity contribution >= 4 is 23.4 Å². The quantitative estimate of drug-likeness (QED) is 0.632. The molecule has 1 atom stereocenters. The molecule has 0 bridgehead atoms. The first-order valence-electron chi connectivity index (χ1n) is 8.35. The van der Waals surface area contributed by atoms with Crippen LogP contribution in [-0.2, 0) is 11.8 Å². The Labute approximate surface area is 164 Å². The van der Waals surface area contributed by atoms with Gasteiger partial charge in [-0.15, -0.1) is 10.2 Å². The number of halogens is 2. The number of benzene rings is 2. The number of ether oxygens (including phenoxy) is 1. The standard InChI is InChI=1S/C19H18F2N4O2S/c1-11(18(26)22-16-10-13(20)6-9-15(16)21)28-19-24-23-17(25(19)2)12-4-7-14(27-3)8-5-12/h4-11H,1-3H3,(H,22,26). The van der Waals surface area contributed by atoms with E-state index in [2.05, 4.69) is 15.5 Å². The van der Waals surface area contributed by atoms with Crippen LogP contribution in [0, 0.1) is 11.6 Å². The predicted molar refractivity (Wildman–Crippen MR) is 103 cm³/mol. The summed E-state index contributed by atoms with van der Waals surface area (Å²) in [4.78, 5) is 12.3. The molecule has 2 aromatic carbocycles. The second-order valence-electron chi connectivity index (χ2n) is 5.97. The summed E-state index contributed by atoms with van der Waals surface area (Å²) >= 11 is 1.17. The highest BCUT2D eigenvalue weighted by molar-refractivity contribution is 8.00. The molecule has 3 aromatic rings. The second-order valence-corrected chi connectivity index (χ2v) is 7.28. The van der Waals surface area contributed by atoms with Crippen molar-refractivity contribution in [3.63, 3.8) is 0 Å². The Morgan fingerprint density at radius 3 is 2.57 bits per heavy atom. The van der Waals surface area contributed by atoms with E-state index in [1.807, 2.05) is 24.3 Å². The molecule has 28 heavy (non-hydrogen) atoms.